The summed E-state index contributed by atoms with van der Waals surface area (Å²) in [5.41, 5.74) is 0. The van der Waals surface area contributed by atoms with E-state index < -0.39 is 6.89 Å². The molecule has 1 saturated heterocycles. The second kappa shape index (κ2) is 7.56. The number of rotatable bonds is 4. The summed E-state index contributed by atoms with van der Waals surface area (Å²) in [5, 5.41) is 6.03. The van der Waals surface area contributed by atoms with E-state index in [1.807, 2.05) is 18.2 Å². The van der Waals surface area contributed by atoms with E-state index in [1.54, 1.807) is 7.11 Å². The van der Waals surface area contributed by atoms with Gasteiger partial charge in [0.15, 0.2) is 0 Å². The average molecular weight is 375 g/mol. The van der Waals surface area contributed by atoms with Gasteiger partial charge in [-0.25, -0.2) is 5.06 Å². The highest BCUT2D eigenvalue weighted by Crippen LogP contribution is 2.48. The van der Waals surface area contributed by atoms with Gasteiger partial charge < -0.3 is 0 Å². The molecule has 136 valence electrons. The molecule has 0 spiro atoms. The van der Waals surface area contributed by atoms with Crippen molar-refractivity contribution < 1.29 is 9.63 Å². The molecule has 1 fully saturated rings. The molecule has 0 aliphatic carbocycles. The summed E-state index contributed by atoms with van der Waals surface area (Å²) in [6.07, 6.45) is 0.707. The normalized spacial score (nSPS) is 14.6. The van der Waals surface area contributed by atoms with Gasteiger partial charge in [-0.3, -0.25) is 9.63 Å². The first kappa shape index (κ1) is 17.8. The van der Waals surface area contributed by atoms with Crippen LogP contribution < -0.4 is 15.9 Å². The summed E-state index contributed by atoms with van der Waals surface area (Å²) in [4.78, 5) is 18.6. The predicted molar refractivity (Wildman–Crippen MR) is 113 cm³/mol. The fraction of sp³-hybridized carbons (Fsp3) is 0.130. The zero-order chi connectivity index (χ0) is 18.7. The maximum atomic E-state index is 13.3. The molecule has 0 bridgehead atoms. The van der Waals surface area contributed by atoms with E-state index in [0.717, 1.165) is 5.29 Å². The van der Waals surface area contributed by atoms with Crippen molar-refractivity contribution in [2.75, 3.05) is 13.7 Å². The number of carbonyl (C=O) groups is 1. The van der Waals surface area contributed by atoms with E-state index in [9.17, 15) is 4.79 Å². The monoisotopic (exact) mass is 375 g/mol. The van der Waals surface area contributed by atoms with Crippen LogP contribution in [-0.2, 0) is 9.63 Å². The van der Waals surface area contributed by atoms with Gasteiger partial charge in [0, 0.05) is 5.29 Å². The largest absolute Gasteiger partial charge is 0.274 e. The van der Waals surface area contributed by atoms with Crippen LogP contribution in [0.15, 0.2) is 91.0 Å². The SMILES string of the molecule is CON1CCC(=P(c2ccccc2)(c2ccccc2)c2ccccc2)C1=O. The molecule has 3 aromatic carbocycles. The first-order valence-electron chi connectivity index (χ1n) is 9.06. The number of hydrogen-bond donors (Lipinski definition) is 0. The van der Waals surface area contributed by atoms with Gasteiger partial charge in [0.05, 0.1) is 13.7 Å². The molecule has 4 rings (SSSR count). The van der Waals surface area contributed by atoms with Crippen LogP contribution in [0.25, 0.3) is 0 Å². The van der Waals surface area contributed by atoms with Crippen LogP contribution in [0.5, 0.6) is 0 Å². The molecule has 0 aromatic heterocycles. The Morgan fingerprint density at radius 2 is 1.15 bits per heavy atom. The minimum atomic E-state index is -2.26. The lowest BCUT2D eigenvalue weighted by atomic mass is 10.3. The summed E-state index contributed by atoms with van der Waals surface area (Å²) in [6, 6.07) is 31.4. The maximum absolute atomic E-state index is 13.3. The lowest BCUT2D eigenvalue weighted by molar-refractivity contribution is -0.162. The molecule has 1 heterocycles. The number of hydroxylamine groups is 2. The molecule has 3 nitrogen and oxygen atoms in total. The lowest BCUT2D eigenvalue weighted by Gasteiger charge is -2.31. The molecule has 0 N–H and O–H groups in total. The molecule has 27 heavy (non-hydrogen) atoms. The third-order valence-corrected chi connectivity index (χ3v) is 9.52. The number of nitrogens with zero attached hydrogens (tertiary/aromatic N) is 1. The Labute approximate surface area is 160 Å². The van der Waals surface area contributed by atoms with Gasteiger partial charge in [0.25, 0.3) is 5.91 Å². The summed E-state index contributed by atoms with van der Waals surface area (Å²) >= 11 is 0. The highest BCUT2D eigenvalue weighted by molar-refractivity contribution is 7.96. The van der Waals surface area contributed by atoms with Gasteiger partial charge in [-0.2, -0.15) is 0 Å². The number of amides is 1. The molecular formula is C23H22NO2P. The number of hydrogen-bond acceptors (Lipinski definition) is 2. The van der Waals surface area contributed by atoms with E-state index >= 15 is 0 Å². The van der Waals surface area contributed by atoms with Gasteiger partial charge in [0.2, 0.25) is 0 Å². The first-order valence-corrected chi connectivity index (χ1v) is 10.9. The average Bonchev–Trinajstić information content (AvgIpc) is 3.12. The molecule has 4 heteroatoms. The zero-order valence-electron chi connectivity index (χ0n) is 15.3. The fourth-order valence-electron chi connectivity index (χ4n) is 3.91. The van der Waals surface area contributed by atoms with E-state index in [2.05, 4.69) is 72.8 Å². The summed E-state index contributed by atoms with van der Waals surface area (Å²) in [5.74, 6) is 0.00222. The van der Waals surface area contributed by atoms with Crippen LogP contribution in [0.4, 0.5) is 0 Å². The van der Waals surface area contributed by atoms with Crippen molar-refractivity contribution in [1.82, 2.24) is 5.06 Å². The third-order valence-electron chi connectivity index (χ3n) is 5.08. The Morgan fingerprint density at radius 1 is 0.741 bits per heavy atom. The van der Waals surface area contributed by atoms with Crippen LogP contribution in [-0.4, -0.2) is 29.9 Å². The van der Waals surface area contributed by atoms with Crippen molar-refractivity contribution in [2.45, 2.75) is 6.42 Å². The summed E-state index contributed by atoms with van der Waals surface area (Å²) in [6.45, 7) is -1.67. The molecular weight excluding hydrogens is 353 g/mol. The second-order valence-corrected chi connectivity index (χ2v) is 9.89. The smallest absolute Gasteiger partial charge is 0.274 e. The number of benzene rings is 3. The molecule has 3 aromatic rings. The molecule has 1 aliphatic heterocycles. The molecule has 0 unspecified atom stereocenters. The van der Waals surface area contributed by atoms with Gasteiger partial charge in [-0.1, -0.05) is 91.0 Å². The molecule has 0 radical (unpaired) electrons. The molecule has 0 saturated carbocycles. The highest BCUT2D eigenvalue weighted by Gasteiger charge is 2.38. The maximum Gasteiger partial charge on any atom is 0.274 e. The van der Waals surface area contributed by atoms with E-state index in [1.165, 1.54) is 21.0 Å². The minimum absolute atomic E-state index is 0.00222. The van der Waals surface area contributed by atoms with Crippen LogP contribution in [0.3, 0.4) is 0 Å². The third kappa shape index (κ3) is 2.93. The Morgan fingerprint density at radius 3 is 1.48 bits per heavy atom. The van der Waals surface area contributed by atoms with Crippen molar-refractivity contribution in [3.05, 3.63) is 91.0 Å². The van der Waals surface area contributed by atoms with Crippen molar-refractivity contribution in [1.29, 1.82) is 0 Å². The van der Waals surface area contributed by atoms with Crippen LogP contribution >= 0.6 is 6.89 Å². The second-order valence-electron chi connectivity index (χ2n) is 6.46. The molecule has 0 atom stereocenters. The van der Waals surface area contributed by atoms with Gasteiger partial charge in [-0.15, -0.1) is 0 Å². The predicted octanol–water partition coefficient (Wildman–Crippen LogP) is 2.95. The lowest BCUT2D eigenvalue weighted by Crippen LogP contribution is -2.34. The summed E-state index contributed by atoms with van der Waals surface area (Å²) < 4.78 is 0. The topological polar surface area (TPSA) is 29.5 Å². The van der Waals surface area contributed by atoms with Gasteiger partial charge >= 0.3 is 0 Å². The van der Waals surface area contributed by atoms with Crippen LogP contribution in [0.2, 0.25) is 0 Å². The first-order chi connectivity index (χ1) is 13.3. The summed E-state index contributed by atoms with van der Waals surface area (Å²) in [7, 11) is 1.56. The van der Waals surface area contributed by atoms with E-state index in [0.29, 0.717) is 13.0 Å². The molecule has 1 aliphatic rings. The Balaban J connectivity index is 2.17. The van der Waals surface area contributed by atoms with Crippen LogP contribution in [0.1, 0.15) is 6.42 Å². The van der Waals surface area contributed by atoms with Crippen molar-refractivity contribution >= 4 is 34.0 Å². The van der Waals surface area contributed by atoms with Gasteiger partial charge in [-0.05, 0) is 29.2 Å². The Kier molecular flexibility index (Phi) is 4.98. The van der Waals surface area contributed by atoms with Crippen LogP contribution in [0, 0.1) is 0 Å². The van der Waals surface area contributed by atoms with Crippen molar-refractivity contribution in [3.8, 4) is 0 Å². The fourth-order valence-corrected chi connectivity index (χ4v) is 8.44. The highest BCUT2D eigenvalue weighted by atomic mass is 31.2. The molecule has 1 amide bonds. The standard InChI is InChI=1S/C23H22NO2P/c1-26-24-18-17-22(23(24)25)27(19-11-5-2-6-12-19,20-13-7-3-8-14-20)21-15-9-4-10-16-21/h2-16H,17-18H2,1H3. The van der Waals surface area contributed by atoms with Crippen molar-refractivity contribution in [2.24, 2.45) is 0 Å². The Bertz CT molecular complexity index is 881. The van der Waals surface area contributed by atoms with Gasteiger partial charge in [0.1, 0.15) is 0 Å². The van der Waals surface area contributed by atoms with E-state index in [4.69, 9.17) is 4.84 Å². The Hall–Kier alpha value is -2.61. The minimum Gasteiger partial charge on any atom is -0.274 e. The van der Waals surface area contributed by atoms with Crippen molar-refractivity contribution in [3.63, 3.8) is 0 Å². The van der Waals surface area contributed by atoms with E-state index in [-0.39, 0.29) is 5.91 Å². The number of carbonyl (C=O) groups excluding carboxylic acids is 1. The zero-order valence-corrected chi connectivity index (χ0v) is 16.2. The quantitative estimate of drug-likeness (QED) is 0.657.